The van der Waals surface area contributed by atoms with Crippen molar-refractivity contribution < 1.29 is 146 Å². The fourth-order valence-corrected chi connectivity index (χ4v) is 11.7. The first-order valence-electron chi connectivity index (χ1n) is 32.0. The van der Waals surface area contributed by atoms with Crippen molar-refractivity contribution in [1.82, 2.24) is 41.7 Å². The van der Waals surface area contributed by atoms with E-state index in [1.807, 2.05) is 0 Å². The van der Waals surface area contributed by atoms with E-state index in [1.54, 1.807) is 30.6 Å². The van der Waals surface area contributed by atoms with Crippen LogP contribution >= 0.6 is 6.72 Å². The maximum Gasteiger partial charge on any atom is 0.325 e. The van der Waals surface area contributed by atoms with Gasteiger partial charge in [-0.15, -0.1) is 0 Å². The zero-order valence-corrected chi connectivity index (χ0v) is 57.8. The van der Waals surface area contributed by atoms with Gasteiger partial charge in [-0.3, -0.25) is 38.6 Å². The summed E-state index contributed by atoms with van der Waals surface area (Å²) in [5.41, 5.74) is -0.816. The Bertz CT molecular complexity index is 2220. The largest absolute Gasteiger partial charge is 0.394 e. The highest BCUT2D eigenvalue weighted by Crippen LogP contribution is 2.47. The molecule has 0 aromatic heterocycles. The monoisotopic (exact) mass is 1450 g/mol. The van der Waals surface area contributed by atoms with E-state index in [4.69, 9.17) is 77.7 Å². The molecule has 0 radical (unpaired) electrons. The maximum atomic E-state index is 13.3. The van der Waals surface area contributed by atoms with Crippen molar-refractivity contribution in [3.8, 4) is 0 Å². The molecule has 0 aromatic rings. The molecule has 40 heteroatoms. The Morgan fingerprint density at radius 3 is 1.02 bits per heavy atom. The first-order valence-corrected chi connectivity index (χ1v) is 34.6. The molecule has 38 nitrogen and oxygen atoms in total. The third-order valence-corrected chi connectivity index (χ3v) is 16.0. The molecule has 3 heterocycles. The number of carbonyl (C=O) groups is 6. The van der Waals surface area contributed by atoms with E-state index in [2.05, 4.69) is 31.9 Å². The van der Waals surface area contributed by atoms with Gasteiger partial charge < -0.3 is 149 Å². The summed E-state index contributed by atoms with van der Waals surface area (Å²) >= 11 is 5.22. The van der Waals surface area contributed by atoms with Gasteiger partial charge in [0.15, 0.2) is 18.9 Å². The molecule has 3 aliphatic heterocycles. The molecule has 6 amide bonds. The minimum absolute atomic E-state index is 0.0343. The maximum absolute atomic E-state index is 13.3. The smallest absolute Gasteiger partial charge is 0.325 e. The van der Waals surface area contributed by atoms with Crippen molar-refractivity contribution in [3.63, 3.8) is 0 Å². The van der Waals surface area contributed by atoms with E-state index < -0.39 is 154 Å². The van der Waals surface area contributed by atoms with Crippen LogP contribution in [0.1, 0.15) is 48.0 Å². The second kappa shape index (κ2) is 48.3. The van der Waals surface area contributed by atoms with E-state index in [9.17, 15) is 79.6 Å². The molecule has 3 rings (SSSR count). The molecule has 0 spiro atoms. The average Bonchev–Trinajstić information content (AvgIpc) is 0.825. The molecule has 3 fully saturated rings. The van der Waals surface area contributed by atoms with E-state index in [1.165, 1.54) is 20.8 Å². The van der Waals surface area contributed by atoms with Gasteiger partial charge >= 0.3 is 6.72 Å². The lowest BCUT2D eigenvalue weighted by atomic mass is 9.97. The highest BCUT2D eigenvalue weighted by Gasteiger charge is 2.48. The van der Waals surface area contributed by atoms with Crippen LogP contribution in [0.25, 0.3) is 0 Å². The molecule has 3 aliphatic rings. The van der Waals surface area contributed by atoms with Crippen molar-refractivity contribution >= 4 is 54.0 Å². The molecular weight excluding hydrogens is 1340 g/mol. The lowest BCUT2D eigenvalue weighted by molar-refractivity contribution is -0.272. The van der Waals surface area contributed by atoms with Gasteiger partial charge in [0.05, 0.1) is 151 Å². The first kappa shape index (κ1) is 87.6. The Balaban J connectivity index is 1.51. The van der Waals surface area contributed by atoms with Gasteiger partial charge in [0.25, 0.3) is 0 Å². The highest BCUT2D eigenvalue weighted by atomic mass is 32.5. The van der Waals surface area contributed by atoms with Crippen LogP contribution in [0.5, 0.6) is 0 Å². The number of nitrogens with one attached hydrogen (secondary N) is 6. The Morgan fingerprint density at radius 2 is 0.722 bits per heavy atom. The number of amides is 6. The summed E-state index contributed by atoms with van der Waals surface area (Å²) in [5, 5.41) is 106. The summed E-state index contributed by atoms with van der Waals surface area (Å²) in [5.74, 6) is -2.75. The summed E-state index contributed by atoms with van der Waals surface area (Å²) in [4.78, 5) is 89.2. The Morgan fingerprint density at radius 1 is 0.433 bits per heavy atom. The van der Waals surface area contributed by atoms with Gasteiger partial charge in [0.1, 0.15) is 73.1 Å². The fraction of sp³-hybridized carbons (Fsp3) is 0.895. The topological polar surface area (TPSA) is 513 Å². The van der Waals surface area contributed by atoms with Crippen LogP contribution in [-0.4, -0.2) is 378 Å². The quantitative estimate of drug-likeness (QED) is 0.0199. The van der Waals surface area contributed by atoms with Crippen molar-refractivity contribution in [1.29, 1.82) is 0 Å². The van der Waals surface area contributed by atoms with Crippen LogP contribution in [0, 0.1) is 0 Å². The van der Waals surface area contributed by atoms with Gasteiger partial charge in [-0.1, -0.05) is 0 Å². The molecule has 16 N–H and O–H groups in total. The Kier molecular flexibility index (Phi) is 43.7. The van der Waals surface area contributed by atoms with E-state index >= 15 is 0 Å². The van der Waals surface area contributed by atoms with Crippen molar-refractivity contribution in [2.75, 3.05) is 184 Å². The molecule has 0 aromatic carbocycles. The van der Waals surface area contributed by atoms with E-state index in [0.29, 0.717) is 6.42 Å². The molecule has 0 bridgehead atoms. The van der Waals surface area contributed by atoms with Gasteiger partial charge in [0, 0.05) is 53.5 Å². The molecular formula is C57H107N8O30PS. The predicted octanol–water partition coefficient (Wildman–Crippen LogP) is -8.64. The number of hydrogen-bond acceptors (Lipinski definition) is 32. The van der Waals surface area contributed by atoms with Crippen LogP contribution in [0.2, 0.25) is 0 Å². The van der Waals surface area contributed by atoms with Crippen LogP contribution in [-0.2, 0) is 106 Å². The number of hydrogen-bond donors (Lipinski definition) is 16. The van der Waals surface area contributed by atoms with Gasteiger partial charge in [-0.05, 0) is 45.5 Å². The van der Waals surface area contributed by atoms with Crippen molar-refractivity contribution in [2.24, 2.45) is 0 Å². The third kappa shape index (κ3) is 36.2. The van der Waals surface area contributed by atoms with E-state index in [-0.39, 0.29) is 171 Å². The van der Waals surface area contributed by atoms with Crippen molar-refractivity contribution in [3.05, 3.63) is 0 Å². The van der Waals surface area contributed by atoms with Crippen LogP contribution in [0.3, 0.4) is 0 Å². The highest BCUT2D eigenvalue weighted by molar-refractivity contribution is 8.07. The molecule has 97 heavy (non-hydrogen) atoms. The van der Waals surface area contributed by atoms with Gasteiger partial charge in [0.2, 0.25) is 35.4 Å². The molecule has 566 valence electrons. The van der Waals surface area contributed by atoms with Crippen molar-refractivity contribution in [2.45, 2.75) is 145 Å². The van der Waals surface area contributed by atoms with Gasteiger partial charge in [-0.25, -0.2) is 0 Å². The number of nitrogens with zero attached hydrogens (tertiary/aromatic N) is 2. The fourth-order valence-electron chi connectivity index (χ4n) is 9.70. The number of carbonyl (C=O) groups excluding carboxylic acids is 6. The second-order valence-corrected chi connectivity index (χ2v) is 26.2. The van der Waals surface area contributed by atoms with Crippen LogP contribution < -0.4 is 31.9 Å². The van der Waals surface area contributed by atoms with E-state index in [0.717, 1.165) is 0 Å². The summed E-state index contributed by atoms with van der Waals surface area (Å²) in [7, 11) is 0. The van der Waals surface area contributed by atoms with Crippen LogP contribution in [0.15, 0.2) is 0 Å². The summed E-state index contributed by atoms with van der Waals surface area (Å²) in [6.45, 7) is 4.56. The Hall–Kier alpha value is -3.57. The average molecular weight is 1450 g/mol. The zero-order chi connectivity index (χ0) is 71.9. The minimum Gasteiger partial charge on any atom is -0.394 e. The summed E-state index contributed by atoms with van der Waals surface area (Å²) in [6.07, 6.45) is -15.4. The zero-order valence-electron chi connectivity index (χ0n) is 56.1. The predicted molar refractivity (Wildman–Crippen MR) is 339 cm³/mol. The second-order valence-electron chi connectivity index (χ2n) is 23.5. The molecule has 0 saturated carbocycles. The third-order valence-electron chi connectivity index (χ3n) is 14.2. The first-order chi connectivity index (χ1) is 46.1. The molecule has 0 aliphatic carbocycles. The number of rotatable bonds is 51. The van der Waals surface area contributed by atoms with Gasteiger partial charge in [-0.2, -0.15) is 0 Å². The number of aliphatic hydroxyl groups excluding tert-OH is 9. The molecule has 16 atom stereocenters. The van der Waals surface area contributed by atoms with Crippen LogP contribution in [0.4, 0.5) is 0 Å². The number of ether oxygens (including phenoxy) is 12. The SMILES string of the molecule is CC(=O)NC1C(OCCOCCOCCNC(=O)CN(CCCN(CC(=O)NCCOCCOCCOC2OC(CO)C(O)C(O)C2NC(C)=O)CC(=O)NCCOCCOCCOC2OC(CO)C(O)C(O)C2NC(C)=O)CCOP(O)(=S)OC(C)(C)C)OC(CO)C(O)C1O. The Labute approximate surface area is 569 Å². The lowest BCUT2D eigenvalue weighted by Gasteiger charge is -2.42. The minimum atomic E-state index is -3.69. The molecule has 3 saturated heterocycles. The molecule has 16 unspecified atom stereocenters. The standard InChI is InChI=1S/C57H107N8O30PS/c1-36(69)61-45-51(78)48(75)39(33-66)92-54(45)88-27-24-85-21-18-82-14-8-58-42(72)30-64(13-17-91-96(81,97)95-57(4,5)6)11-7-12-65(31-43(73)59-9-15-83-19-22-86-25-28-89-55-46(62-37(2)70)52(79)49(76)40(34-67)93-55)32-44(74)60-10-16-84-20-23-87-26-29-90-56-47(63-38(3)71)53(80)50(77)41(35-68)94-56/h39-41,45-56,66-68,75-80H,7-35H2,1-6H3,(H,58,72)(H,59,73)(H,60,74)(H,61,69)(H,62,70)(H,63,71)(H,81,97). The lowest BCUT2D eigenvalue weighted by Crippen LogP contribution is -2.64. The summed E-state index contributed by atoms with van der Waals surface area (Å²) < 4.78 is 78.1. The number of aliphatic hydroxyl groups is 9. The normalized spacial score (nSPS) is 26.7. The summed E-state index contributed by atoms with van der Waals surface area (Å²) in [6, 6.07) is -3.32.